The topological polar surface area (TPSA) is 73.4 Å². The molecule has 7 nitrogen and oxygen atoms in total. The molecular formula is C18H23FN6O. The van der Waals surface area contributed by atoms with Gasteiger partial charge in [0.2, 0.25) is 0 Å². The van der Waals surface area contributed by atoms with Gasteiger partial charge in [0, 0.05) is 44.0 Å². The molecule has 1 aliphatic rings. The van der Waals surface area contributed by atoms with Crippen LogP contribution in [0.5, 0.6) is 0 Å². The maximum Gasteiger partial charge on any atom is 0.324 e. The molecule has 26 heavy (non-hydrogen) atoms. The van der Waals surface area contributed by atoms with Gasteiger partial charge in [0.1, 0.15) is 23.8 Å². The normalized spacial score (nSPS) is 15.2. The Morgan fingerprint density at radius 1 is 1.08 bits per heavy atom. The molecule has 2 heterocycles. The van der Waals surface area contributed by atoms with Gasteiger partial charge in [0.05, 0.1) is 0 Å². The number of carbonyl (C=O) groups is 1. The van der Waals surface area contributed by atoms with Crippen LogP contribution in [-0.4, -0.2) is 53.1 Å². The summed E-state index contributed by atoms with van der Waals surface area (Å²) < 4.78 is 12.9. The molecule has 0 bridgehead atoms. The fourth-order valence-electron chi connectivity index (χ4n) is 2.87. The van der Waals surface area contributed by atoms with Crippen LogP contribution in [0, 0.1) is 5.82 Å². The minimum absolute atomic E-state index is 0.353. The number of benzene rings is 1. The molecule has 2 aromatic rings. The van der Waals surface area contributed by atoms with Crippen molar-refractivity contribution in [1.29, 1.82) is 0 Å². The highest BCUT2D eigenvalue weighted by Gasteiger charge is 2.20. The predicted octanol–water partition coefficient (Wildman–Crippen LogP) is 2.79. The third-order valence-electron chi connectivity index (χ3n) is 4.36. The summed E-state index contributed by atoms with van der Waals surface area (Å²) in [6.45, 7) is 8.13. The number of nitrogens with zero attached hydrogens (tertiary/aromatic N) is 4. The van der Waals surface area contributed by atoms with Crippen LogP contribution in [0.4, 0.5) is 26.5 Å². The second-order valence-electron chi connectivity index (χ2n) is 6.46. The van der Waals surface area contributed by atoms with Gasteiger partial charge in [-0.2, -0.15) is 0 Å². The molecule has 2 N–H and O–H groups in total. The lowest BCUT2D eigenvalue weighted by Gasteiger charge is -2.37. The average Bonchev–Trinajstić information content (AvgIpc) is 2.64. The molecule has 1 aliphatic heterocycles. The number of amides is 2. The van der Waals surface area contributed by atoms with Crippen molar-refractivity contribution in [1.82, 2.24) is 14.9 Å². The molecule has 0 saturated carbocycles. The average molecular weight is 358 g/mol. The molecule has 138 valence electrons. The van der Waals surface area contributed by atoms with Crippen LogP contribution in [-0.2, 0) is 0 Å². The number of aromatic nitrogens is 2. The number of hydrogen-bond acceptors (Lipinski definition) is 5. The predicted molar refractivity (Wildman–Crippen MR) is 100.0 cm³/mol. The molecule has 1 saturated heterocycles. The summed E-state index contributed by atoms with van der Waals surface area (Å²) in [7, 11) is 0. The van der Waals surface area contributed by atoms with E-state index in [0.29, 0.717) is 17.5 Å². The summed E-state index contributed by atoms with van der Waals surface area (Å²) in [6, 6.07) is 7.42. The lowest BCUT2D eigenvalue weighted by atomic mass is 10.2. The van der Waals surface area contributed by atoms with Crippen molar-refractivity contribution in [2.24, 2.45) is 0 Å². The van der Waals surface area contributed by atoms with Crippen molar-refractivity contribution >= 4 is 23.4 Å². The number of carbonyl (C=O) groups excluding carboxylic acids is 1. The third-order valence-corrected chi connectivity index (χ3v) is 4.36. The van der Waals surface area contributed by atoms with Gasteiger partial charge < -0.3 is 10.2 Å². The van der Waals surface area contributed by atoms with Crippen LogP contribution in [0.25, 0.3) is 0 Å². The van der Waals surface area contributed by atoms with Gasteiger partial charge in [0.15, 0.2) is 0 Å². The fraction of sp³-hybridized carbons (Fsp3) is 0.389. The Hall–Kier alpha value is -2.74. The number of hydrogen-bond donors (Lipinski definition) is 2. The first-order chi connectivity index (χ1) is 12.5. The van der Waals surface area contributed by atoms with Crippen LogP contribution in [0.1, 0.15) is 13.8 Å². The molecule has 0 aliphatic carbocycles. The van der Waals surface area contributed by atoms with Gasteiger partial charge in [0.25, 0.3) is 0 Å². The standard InChI is InChI=1S/C18H23FN6O/c1-13(2)24-7-9-25(10-8-24)17-11-16(20-12-21-17)23-18(26)22-15-5-3-14(19)4-6-15/h3-6,11-13H,7-10H2,1-2H3,(H2,20,21,22,23,26). The lowest BCUT2D eigenvalue weighted by molar-refractivity contribution is 0.209. The zero-order valence-corrected chi connectivity index (χ0v) is 14.9. The summed E-state index contributed by atoms with van der Waals surface area (Å²) in [4.78, 5) is 25.1. The van der Waals surface area contributed by atoms with E-state index in [1.54, 1.807) is 6.07 Å². The second-order valence-corrected chi connectivity index (χ2v) is 6.46. The Morgan fingerprint density at radius 3 is 2.42 bits per heavy atom. The number of urea groups is 1. The summed E-state index contributed by atoms with van der Waals surface area (Å²) >= 11 is 0. The number of nitrogens with one attached hydrogen (secondary N) is 2. The number of anilines is 3. The summed E-state index contributed by atoms with van der Waals surface area (Å²) in [6.07, 6.45) is 1.44. The molecule has 0 spiro atoms. The highest BCUT2D eigenvalue weighted by Crippen LogP contribution is 2.17. The van der Waals surface area contributed by atoms with E-state index in [9.17, 15) is 9.18 Å². The van der Waals surface area contributed by atoms with Gasteiger partial charge in [-0.1, -0.05) is 0 Å². The molecule has 8 heteroatoms. The van der Waals surface area contributed by atoms with E-state index in [-0.39, 0.29) is 5.82 Å². The molecule has 1 aromatic heterocycles. The Balaban J connectivity index is 1.59. The number of rotatable bonds is 4. The van der Waals surface area contributed by atoms with Crippen molar-refractivity contribution < 1.29 is 9.18 Å². The summed E-state index contributed by atoms with van der Waals surface area (Å²) in [5, 5.41) is 5.32. The van der Waals surface area contributed by atoms with Crippen LogP contribution >= 0.6 is 0 Å². The highest BCUT2D eigenvalue weighted by atomic mass is 19.1. The van der Waals surface area contributed by atoms with Gasteiger partial charge in [-0.3, -0.25) is 10.2 Å². The third kappa shape index (κ3) is 4.66. The first-order valence-corrected chi connectivity index (χ1v) is 8.66. The Kier molecular flexibility index (Phi) is 5.62. The molecule has 3 rings (SSSR count). The summed E-state index contributed by atoms with van der Waals surface area (Å²) in [5.41, 5.74) is 0.503. The Bertz CT molecular complexity index is 744. The smallest absolute Gasteiger partial charge is 0.324 e. The van der Waals surface area contributed by atoms with Crippen LogP contribution in [0.15, 0.2) is 36.7 Å². The quantitative estimate of drug-likeness (QED) is 0.879. The minimum atomic E-state index is -0.439. The van der Waals surface area contributed by atoms with Gasteiger partial charge in [-0.15, -0.1) is 0 Å². The molecule has 2 amide bonds. The molecule has 1 aromatic carbocycles. The number of piperazine rings is 1. The zero-order chi connectivity index (χ0) is 18.5. The van der Waals surface area contributed by atoms with E-state index in [0.717, 1.165) is 32.0 Å². The van der Waals surface area contributed by atoms with Crippen LogP contribution < -0.4 is 15.5 Å². The zero-order valence-electron chi connectivity index (χ0n) is 14.9. The largest absolute Gasteiger partial charge is 0.354 e. The fourth-order valence-corrected chi connectivity index (χ4v) is 2.87. The monoisotopic (exact) mass is 358 g/mol. The Labute approximate surface area is 152 Å². The van der Waals surface area contributed by atoms with Crippen LogP contribution in [0.3, 0.4) is 0 Å². The number of halogens is 1. The van der Waals surface area contributed by atoms with E-state index < -0.39 is 6.03 Å². The second kappa shape index (κ2) is 8.09. The van der Waals surface area contributed by atoms with E-state index in [1.807, 2.05) is 0 Å². The maximum absolute atomic E-state index is 12.9. The lowest BCUT2D eigenvalue weighted by Crippen LogP contribution is -2.49. The van der Waals surface area contributed by atoms with Gasteiger partial charge >= 0.3 is 6.03 Å². The Morgan fingerprint density at radius 2 is 1.77 bits per heavy atom. The van der Waals surface area contributed by atoms with Crippen molar-refractivity contribution in [2.75, 3.05) is 41.7 Å². The minimum Gasteiger partial charge on any atom is -0.354 e. The SMILES string of the molecule is CC(C)N1CCN(c2cc(NC(=O)Nc3ccc(F)cc3)ncn2)CC1. The van der Waals surface area contributed by atoms with Crippen LogP contribution in [0.2, 0.25) is 0 Å². The molecule has 1 fully saturated rings. The highest BCUT2D eigenvalue weighted by molar-refractivity contribution is 5.99. The first kappa shape index (κ1) is 18.1. The van der Waals surface area contributed by atoms with Crippen molar-refractivity contribution in [3.63, 3.8) is 0 Å². The van der Waals surface area contributed by atoms with Crippen molar-refractivity contribution in [2.45, 2.75) is 19.9 Å². The molecular weight excluding hydrogens is 335 g/mol. The van der Waals surface area contributed by atoms with Gasteiger partial charge in [-0.25, -0.2) is 19.2 Å². The van der Waals surface area contributed by atoms with Gasteiger partial charge in [-0.05, 0) is 38.1 Å². The molecule has 0 unspecified atom stereocenters. The molecule has 0 radical (unpaired) electrons. The van der Waals surface area contributed by atoms with E-state index in [4.69, 9.17) is 0 Å². The van der Waals surface area contributed by atoms with Crippen molar-refractivity contribution in [3.05, 3.63) is 42.5 Å². The van der Waals surface area contributed by atoms with E-state index >= 15 is 0 Å². The van der Waals surface area contributed by atoms with E-state index in [1.165, 1.54) is 30.6 Å². The van der Waals surface area contributed by atoms with E-state index in [2.05, 4.69) is 44.2 Å². The van der Waals surface area contributed by atoms with Crippen molar-refractivity contribution in [3.8, 4) is 0 Å². The summed E-state index contributed by atoms with van der Waals surface area (Å²) in [5.74, 6) is 0.857. The molecule has 0 atom stereocenters. The maximum atomic E-state index is 12.9. The first-order valence-electron chi connectivity index (χ1n) is 8.66.